The molecule has 1 unspecified atom stereocenters. The summed E-state index contributed by atoms with van der Waals surface area (Å²) in [5.41, 5.74) is 2.06. The molecule has 1 aliphatic rings. The molecule has 0 spiro atoms. The van der Waals surface area contributed by atoms with Crippen LogP contribution in [0.3, 0.4) is 0 Å². The second-order valence-corrected chi connectivity index (χ2v) is 7.21. The van der Waals surface area contributed by atoms with Crippen LogP contribution in [0.15, 0.2) is 60.0 Å². The predicted molar refractivity (Wildman–Crippen MR) is 105 cm³/mol. The predicted octanol–water partition coefficient (Wildman–Crippen LogP) is 3.87. The summed E-state index contributed by atoms with van der Waals surface area (Å²) in [6.07, 6.45) is 7.92. The largest absolute Gasteiger partial charge is 0.476 e. The Hall–Kier alpha value is -3.25. The van der Waals surface area contributed by atoms with Gasteiger partial charge in [0.2, 0.25) is 0 Å². The molecule has 1 aromatic carbocycles. The lowest BCUT2D eigenvalue weighted by atomic mass is 9.72. The molecule has 27 heavy (non-hydrogen) atoms. The van der Waals surface area contributed by atoms with E-state index in [0.29, 0.717) is 18.3 Å². The SMILES string of the molecule is O=CC=Cn1nc(C(=O)O)c2c1CC(c1ccccc1)(c1cccs1)C=C2. The van der Waals surface area contributed by atoms with Crippen LogP contribution in [-0.2, 0) is 16.6 Å². The number of allylic oxidation sites excluding steroid dienone is 2. The fraction of sp³-hybridized carbons (Fsp3) is 0.0952. The van der Waals surface area contributed by atoms with Gasteiger partial charge in [0.15, 0.2) is 5.69 Å². The van der Waals surface area contributed by atoms with E-state index in [-0.39, 0.29) is 5.69 Å². The second-order valence-electron chi connectivity index (χ2n) is 6.26. The van der Waals surface area contributed by atoms with Gasteiger partial charge in [-0.05, 0) is 23.1 Å². The molecular formula is C21H16N2O3S. The van der Waals surface area contributed by atoms with Crippen LogP contribution in [0.5, 0.6) is 0 Å². The van der Waals surface area contributed by atoms with E-state index in [2.05, 4.69) is 29.4 Å². The number of aromatic carboxylic acids is 1. The fourth-order valence-electron chi connectivity index (χ4n) is 3.56. The highest BCUT2D eigenvalue weighted by molar-refractivity contribution is 7.10. The van der Waals surface area contributed by atoms with E-state index in [9.17, 15) is 14.7 Å². The van der Waals surface area contributed by atoms with Crippen molar-refractivity contribution in [1.29, 1.82) is 0 Å². The van der Waals surface area contributed by atoms with Gasteiger partial charge in [0, 0.05) is 23.1 Å². The fourth-order valence-corrected chi connectivity index (χ4v) is 4.49. The van der Waals surface area contributed by atoms with E-state index in [1.807, 2.05) is 35.7 Å². The van der Waals surface area contributed by atoms with Crippen molar-refractivity contribution in [2.45, 2.75) is 11.8 Å². The molecule has 0 fully saturated rings. The third kappa shape index (κ3) is 2.84. The van der Waals surface area contributed by atoms with E-state index in [1.54, 1.807) is 11.3 Å². The molecule has 2 aromatic heterocycles. The number of hydrogen-bond donors (Lipinski definition) is 1. The maximum atomic E-state index is 11.6. The molecule has 1 N–H and O–H groups in total. The van der Waals surface area contributed by atoms with Crippen LogP contribution >= 0.6 is 11.3 Å². The first-order valence-electron chi connectivity index (χ1n) is 8.41. The van der Waals surface area contributed by atoms with Crippen LogP contribution in [-0.4, -0.2) is 27.1 Å². The van der Waals surface area contributed by atoms with Crippen molar-refractivity contribution in [2.24, 2.45) is 0 Å². The number of nitrogens with zero attached hydrogens (tertiary/aromatic N) is 2. The smallest absolute Gasteiger partial charge is 0.357 e. The number of carbonyl (C=O) groups is 2. The van der Waals surface area contributed by atoms with Crippen LogP contribution in [0.1, 0.15) is 32.2 Å². The summed E-state index contributed by atoms with van der Waals surface area (Å²) in [5, 5.41) is 15.7. The van der Waals surface area contributed by atoms with Gasteiger partial charge >= 0.3 is 5.97 Å². The molecule has 2 heterocycles. The summed E-state index contributed by atoms with van der Waals surface area (Å²) >= 11 is 1.66. The molecular weight excluding hydrogens is 360 g/mol. The Bertz CT molecular complexity index is 1050. The lowest BCUT2D eigenvalue weighted by molar-refractivity contribution is -0.104. The Balaban J connectivity index is 1.93. The van der Waals surface area contributed by atoms with Gasteiger partial charge < -0.3 is 5.11 Å². The van der Waals surface area contributed by atoms with Crippen LogP contribution < -0.4 is 0 Å². The Morgan fingerprint density at radius 2 is 2.04 bits per heavy atom. The zero-order valence-electron chi connectivity index (χ0n) is 14.3. The number of carbonyl (C=O) groups excluding carboxylic acids is 1. The van der Waals surface area contributed by atoms with Crippen LogP contribution in [0.4, 0.5) is 0 Å². The van der Waals surface area contributed by atoms with Gasteiger partial charge in [0.05, 0.1) is 11.1 Å². The zero-order chi connectivity index (χ0) is 18.9. The minimum atomic E-state index is -1.09. The number of hydrogen-bond acceptors (Lipinski definition) is 4. The van der Waals surface area contributed by atoms with Crippen molar-refractivity contribution in [3.8, 4) is 0 Å². The highest BCUT2D eigenvalue weighted by atomic mass is 32.1. The van der Waals surface area contributed by atoms with Crippen LogP contribution in [0.25, 0.3) is 12.3 Å². The molecule has 0 amide bonds. The number of fused-ring (bicyclic) bond motifs is 1. The highest BCUT2D eigenvalue weighted by Gasteiger charge is 2.38. The summed E-state index contributed by atoms with van der Waals surface area (Å²) in [5.74, 6) is -1.09. The molecule has 134 valence electrons. The van der Waals surface area contributed by atoms with Crippen molar-refractivity contribution in [3.05, 3.63) is 87.4 Å². The molecule has 0 saturated heterocycles. The lowest BCUT2D eigenvalue weighted by Gasteiger charge is -2.33. The average molecular weight is 376 g/mol. The Kier molecular flexibility index (Phi) is 4.33. The van der Waals surface area contributed by atoms with E-state index in [1.165, 1.54) is 21.8 Å². The molecule has 4 rings (SSSR count). The minimum absolute atomic E-state index is 0.00959. The molecule has 3 aromatic rings. The third-order valence-electron chi connectivity index (χ3n) is 4.79. The van der Waals surface area contributed by atoms with Crippen molar-refractivity contribution in [1.82, 2.24) is 9.78 Å². The van der Waals surface area contributed by atoms with E-state index < -0.39 is 11.4 Å². The number of carboxylic acid groups (broad SMARTS) is 1. The maximum absolute atomic E-state index is 11.6. The molecule has 0 saturated carbocycles. The molecule has 0 bridgehead atoms. The summed E-state index contributed by atoms with van der Waals surface area (Å²) in [6, 6.07) is 14.2. The van der Waals surface area contributed by atoms with Crippen LogP contribution in [0, 0.1) is 0 Å². The van der Waals surface area contributed by atoms with Crippen molar-refractivity contribution in [2.75, 3.05) is 0 Å². The first-order valence-corrected chi connectivity index (χ1v) is 9.29. The zero-order valence-corrected chi connectivity index (χ0v) is 15.1. The third-order valence-corrected chi connectivity index (χ3v) is 5.84. The number of benzene rings is 1. The van der Waals surface area contributed by atoms with Gasteiger partial charge in [-0.3, -0.25) is 4.79 Å². The molecule has 6 heteroatoms. The number of aromatic nitrogens is 2. The number of carboxylic acids is 1. The van der Waals surface area contributed by atoms with Gasteiger partial charge in [-0.1, -0.05) is 48.6 Å². The summed E-state index contributed by atoms with van der Waals surface area (Å²) in [6.45, 7) is 0. The average Bonchev–Trinajstić information content (AvgIpc) is 3.35. The Morgan fingerprint density at radius 3 is 2.70 bits per heavy atom. The number of rotatable bonds is 5. The van der Waals surface area contributed by atoms with Gasteiger partial charge in [0.25, 0.3) is 0 Å². The number of thiophene rings is 1. The topological polar surface area (TPSA) is 72.2 Å². The van der Waals surface area contributed by atoms with Gasteiger partial charge in [0.1, 0.15) is 6.29 Å². The molecule has 5 nitrogen and oxygen atoms in total. The molecule has 0 aliphatic heterocycles. The Morgan fingerprint density at radius 1 is 1.22 bits per heavy atom. The molecule has 1 aliphatic carbocycles. The van der Waals surface area contributed by atoms with E-state index in [4.69, 9.17) is 0 Å². The second kappa shape index (κ2) is 6.81. The van der Waals surface area contributed by atoms with Gasteiger partial charge in [-0.15, -0.1) is 11.3 Å². The first-order chi connectivity index (χ1) is 13.2. The summed E-state index contributed by atoms with van der Waals surface area (Å²) in [7, 11) is 0. The lowest BCUT2D eigenvalue weighted by Crippen LogP contribution is -2.30. The van der Waals surface area contributed by atoms with Gasteiger partial charge in [-0.25, -0.2) is 9.48 Å². The van der Waals surface area contributed by atoms with Gasteiger partial charge in [-0.2, -0.15) is 5.10 Å². The standard InChI is InChI=1S/C21H16N2O3S/c24-12-5-11-23-17-14-21(18-8-4-13-27-18,15-6-2-1-3-7-15)10-9-16(17)19(22-23)20(25)26/h1-13H,14H2,(H,25,26). The quantitative estimate of drug-likeness (QED) is 0.542. The van der Waals surface area contributed by atoms with Crippen molar-refractivity contribution >= 4 is 35.9 Å². The molecule has 1 atom stereocenters. The monoisotopic (exact) mass is 376 g/mol. The maximum Gasteiger partial charge on any atom is 0.357 e. The van der Waals surface area contributed by atoms with E-state index in [0.717, 1.165) is 11.3 Å². The minimum Gasteiger partial charge on any atom is -0.476 e. The summed E-state index contributed by atoms with van der Waals surface area (Å²) < 4.78 is 1.50. The normalized spacial score (nSPS) is 18.5. The summed E-state index contributed by atoms with van der Waals surface area (Å²) in [4.78, 5) is 23.6. The van der Waals surface area contributed by atoms with E-state index >= 15 is 0 Å². The highest BCUT2D eigenvalue weighted by Crippen LogP contribution is 2.44. The molecule has 0 radical (unpaired) electrons. The number of aldehydes is 1. The van der Waals surface area contributed by atoms with Crippen molar-refractivity contribution < 1.29 is 14.7 Å². The Labute approximate surface area is 159 Å². The van der Waals surface area contributed by atoms with Crippen LogP contribution in [0.2, 0.25) is 0 Å². The van der Waals surface area contributed by atoms with Crippen molar-refractivity contribution in [3.63, 3.8) is 0 Å². The first kappa shape index (κ1) is 17.2.